The minimum Gasteiger partial charge on any atom is -0.289 e. The maximum Gasteiger partial charge on any atom is 0.0639 e. The molecular formula is C13H19N. The zero-order chi connectivity index (χ0) is 10.6. The average molecular weight is 189 g/mol. The SMILES string of the molecule is CC(=NCc1ccccc1)C(C)(C)C. The first kappa shape index (κ1) is 11.0. The van der Waals surface area contributed by atoms with Crippen molar-refractivity contribution in [1.82, 2.24) is 0 Å². The average Bonchev–Trinajstić information content (AvgIpc) is 2.14. The third-order valence-electron chi connectivity index (χ3n) is 2.43. The molecule has 0 spiro atoms. The van der Waals surface area contributed by atoms with Gasteiger partial charge in [-0.05, 0) is 17.9 Å². The number of aliphatic imine (C=N–C) groups is 1. The van der Waals surface area contributed by atoms with Gasteiger partial charge < -0.3 is 0 Å². The van der Waals surface area contributed by atoms with Gasteiger partial charge in [-0.25, -0.2) is 0 Å². The summed E-state index contributed by atoms with van der Waals surface area (Å²) < 4.78 is 0. The molecule has 0 fully saturated rings. The molecule has 0 atom stereocenters. The summed E-state index contributed by atoms with van der Waals surface area (Å²) in [5, 5.41) is 0. The molecule has 1 nitrogen and oxygen atoms in total. The Morgan fingerprint density at radius 3 is 2.21 bits per heavy atom. The lowest BCUT2D eigenvalue weighted by Crippen LogP contribution is -2.16. The molecule has 0 heterocycles. The van der Waals surface area contributed by atoms with Crippen LogP contribution in [0, 0.1) is 5.41 Å². The monoisotopic (exact) mass is 189 g/mol. The van der Waals surface area contributed by atoms with Crippen molar-refractivity contribution in [2.24, 2.45) is 10.4 Å². The normalized spacial score (nSPS) is 13.0. The van der Waals surface area contributed by atoms with Crippen LogP contribution in [0.5, 0.6) is 0 Å². The van der Waals surface area contributed by atoms with E-state index in [1.165, 1.54) is 11.3 Å². The molecule has 0 aliphatic carbocycles. The lowest BCUT2D eigenvalue weighted by molar-refractivity contribution is 0.584. The van der Waals surface area contributed by atoms with Crippen LogP contribution in [0.4, 0.5) is 0 Å². The van der Waals surface area contributed by atoms with Gasteiger partial charge in [0, 0.05) is 5.71 Å². The molecule has 1 aromatic rings. The van der Waals surface area contributed by atoms with Crippen LogP contribution in [-0.2, 0) is 6.54 Å². The van der Waals surface area contributed by atoms with Gasteiger partial charge in [-0.3, -0.25) is 4.99 Å². The molecule has 0 saturated heterocycles. The molecule has 0 amide bonds. The fourth-order valence-corrected chi connectivity index (χ4v) is 1.03. The lowest BCUT2D eigenvalue weighted by atomic mass is 9.91. The highest BCUT2D eigenvalue weighted by Gasteiger charge is 2.13. The minimum atomic E-state index is 0.189. The van der Waals surface area contributed by atoms with Crippen LogP contribution in [0.1, 0.15) is 33.3 Å². The Bertz CT molecular complexity index is 304. The van der Waals surface area contributed by atoms with Crippen LogP contribution in [0.15, 0.2) is 35.3 Å². The Kier molecular flexibility index (Phi) is 3.45. The Labute approximate surface area is 86.9 Å². The summed E-state index contributed by atoms with van der Waals surface area (Å²) in [6.07, 6.45) is 0. The summed E-state index contributed by atoms with van der Waals surface area (Å²) in [4.78, 5) is 4.58. The predicted molar refractivity (Wildman–Crippen MR) is 62.7 cm³/mol. The fourth-order valence-electron chi connectivity index (χ4n) is 1.03. The number of rotatable bonds is 2. The molecule has 0 N–H and O–H groups in total. The molecule has 1 heteroatoms. The highest BCUT2D eigenvalue weighted by molar-refractivity contribution is 5.86. The predicted octanol–water partition coefficient (Wildman–Crippen LogP) is 3.69. The molecule has 0 radical (unpaired) electrons. The number of nitrogens with zero attached hydrogens (tertiary/aromatic N) is 1. The molecule has 0 aliphatic rings. The Balaban J connectivity index is 2.65. The summed E-state index contributed by atoms with van der Waals surface area (Å²) in [5.74, 6) is 0. The van der Waals surface area contributed by atoms with E-state index in [4.69, 9.17) is 0 Å². The van der Waals surface area contributed by atoms with Gasteiger partial charge >= 0.3 is 0 Å². The van der Waals surface area contributed by atoms with E-state index in [1.54, 1.807) is 0 Å². The quantitative estimate of drug-likeness (QED) is 0.629. The largest absolute Gasteiger partial charge is 0.289 e. The summed E-state index contributed by atoms with van der Waals surface area (Å²) in [6.45, 7) is 9.47. The first-order valence-corrected chi connectivity index (χ1v) is 5.05. The van der Waals surface area contributed by atoms with Crippen LogP contribution < -0.4 is 0 Å². The second-order valence-electron chi connectivity index (χ2n) is 4.64. The van der Waals surface area contributed by atoms with E-state index in [-0.39, 0.29) is 5.41 Å². The van der Waals surface area contributed by atoms with Gasteiger partial charge in [0.25, 0.3) is 0 Å². The first-order chi connectivity index (χ1) is 6.50. The Morgan fingerprint density at radius 1 is 1.14 bits per heavy atom. The van der Waals surface area contributed by atoms with Crippen LogP contribution in [-0.4, -0.2) is 5.71 Å². The molecule has 0 saturated carbocycles. The van der Waals surface area contributed by atoms with Crippen molar-refractivity contribution < 1.29 is 0 Å². The van der Waals surface area contributed by atoms with E-state index >= 15 is 0 Å². The molecule has 0 aromatic heterocycles. The molecular weight excluding hydrogens is 170 g/mol. The second-order valence-corrected chi connectivity index (χ2v) is 4.64. The molecule has 1 rings (SSSR count). The Hall–Kier alpha value is -1.11. The van der Waals surface area contributed by atoms with E-state index in [0.717, 1.165) is 6.54 Å². The van der Waals surface area contributed by atoms with Gasteiger partial charge in [0.2, 0.25) is 0 Å². The number of hydrogen-bond donors (Lipinski definition) is 0. The van der Waals surface area contributed by atoms with E-state index in [1.807, 2.05) is 6.07 Å². The van der Waals surface area contributed by atoms with Gasteiger partial charge in [-0.1, -0.05) is 51.1 Å². The molecule has 76 valence electrons. The maximum atomic E-state index is 4.58. The van der Waals surface area contributed by atoms with E-state index in [2.05, 4.69) is 57.0 Å². The third kappa shape index (κ3) is 3.33. The molecule has 0 aliphatic heterocycles. The Morgan fingerprint density at radius 2 is 1.71 bits per heavy atom. The van der Waals surface area contributed by atoms with Gasteiger partial charge in [-0.15, -0.1) is 0 Å². The van der Waals surface area contributed by atoms with Crippen molar-refractivity contribution >= 4 is 5.71 Å². The summed E-state index contributed by atoms with van der Waals surface area (Å²) in [7, 11) is 0. The summed E-state index contributed by atoms with van der Waals surface area (Å²) in [6, 6.07) is 10.4. The zero-order valence-electron chi connectivity index (χ0n) is 9.54. The number of benzene rings is 1. The topological polar surface area (TPSA) is 12.4 Å². The highest BCUT2D eigenvalue weighted by Crippen LogP contribution is 2.16. The maximum absolute atomic E-state index is 4.58. The summed E-state index contributed by atoms with van der Waals surface area (Å²) >= 11 is 0. The standard InChI is InChI=1S/C13H19N/c1-11(13(2,3)4)14-10-12-8-6-5-7-9-12/h5-9H,10H2,1-4H3. The van der Waals surface area contributed by atoms with Crippen LogP contribution in [0.25, 0.3) is 0 Å². The zero-order valence-corrected chi connectivity index (χ0v) is 9.54. The van der Waals surface area contributed by atoms with Crippen LogP contribution >= 0.6 is 0 Å². The van der Waals surface area contributed by atoms with Gasteiger partial charge in [-0.2, -0.15) is 0 Å². The minimum absolute atomic E-state index is 0.189. The van der Waals surface area contributed by atoms with Crippen molar-refractivity contribution in [2.75, 3.05) is 0 Å². The van der Waals surface area contributed by atoms with E-state index in [0.29, 0.717) is 0 Å². The first-order valence-electron chi connectivity index (χ1n) is 5.05. The van der Waals surface area contributed by atoms with Crippen molar-refractivity contribution in [3.8, 4) is 0 Å². The van der Waals surface area contributed by atoms with Crippen LogP contribution in [0.2, 0.25) is 0 Å². The lowest BCUT2D eigenvalue weighted by Gasteiger charge is -2.17. The van der Waals surface area contributed by atoms with Gasteiger partial charge in [0.15, 0.2) is 0 Å². The van der Waals surface area contributed by atoms with Crippen LogP contribution in [0.3, 0.4) is 0 Å². The van der Waals surface area contributed by atoms with E-state index in [9.17, 15) is 0 Å². The van der Waals surface area contributed by atoms with Crippen molar-refractivity contribution in [3.05, 3.63) is 35.9 Å². The highest BCUT2D eigenvalue weighted by atomic mass is 14.7. The van der Waals surface area contributed by atoms with E-state index < -0.39 is 0 Å². The van der Waals surface area contributed by atoms with Gasteiger partial charge in [0.05, 0.1) is 6.54 Å². The smallest absolute Gasteiger partial charge is 0.0639 e. The molecule has 0 bridgehead atoms. The van der Waals surface area contributed by atoms with Gasteiger partial charge in [0.1, 0.15) is 0 Å². The van der Waals surface area contributed by atoms with Crippen molar-refractivity contribution in [3.63, 3.8) is 0 Å². The van der Waals surface area contributed by atoms with Crippen molar-refractivity contribution in [1.29, 1.82) is 0 Å². The molecule has 14 heavy (non-hydrogen) atoms. The summed E-state index contributed by atoms with van der Waals surface area (Å²) in [5.41, 5.74) is 2.67. The van der Waals surface area contributed by atoms with Crippen molar-refractivity contribution in [2.45, 2.75) is 34.2 Å². The molecule has 0 unspecified atom stereocenters. The second kappa shape index (κ2) is 4.41. The third-order valence-corrected chi connectivity index (χ3v) is 2.43. The number of hydrogen-bond acceptors (Lipinski definition) is 1. The fraction of sp³-hybridized carbons (Fsp3) is 0.462. The molecule has 1 aromatic carbocycles.